The summed E-state index contributed by atoms with van der Waals surface area (Å²) < 4.78 is 0. The van der Waals surface area contributed by atoms with Crippen molar-refractivity contribution in [3.05, 3.63) is 35.4 Å². The Labute approximate surface area is 124 Å². The van der Waals surface area contributed by atoms with E-state index >= 15 is 0 Å². The first-order valence-corrected chi connectivity index (χ1v) is 7.66. The van der Waals surface area contributed by atoms with E-state index in [9.17, 15) is 0 Å². The Bertz CT molecular complexity index is 402. The maximum absolute atomic E-state index is 5.38. The SMILES string of the molecule is C#CCN(CC)Cc1ccc(C(C)CNCCC)cc1. The van der Waals surface area contributed by atoms with E-state index in [-0.39, 0.29) is 0 Å². The van der Waals surface area contributed by atoms with E-state index in [0.29, 0.717) is 5.92 Å². The lowest BCUT2D eigenvalue weighted by Crippen LogP contribution is -2.23. The second-order valence-corrected chi connectivity index (χ2v) is 5.35. The zero-order chi connectivity index (χ0) is 14.8. The van der Waals surface area contributed by atoms with Crippen molar-refractivity contribution in [1.82, 2.24) is 10.2 Å². The first-order chi connectivity index (χ1) is 9.71. The monoisotopic (exact) mass is 272 g/mol. The molecule has 0 aliphatic rings. The summed E-state index contributed by atoms with van der Waals surface area (Å²) in [5, 5.41) is 3.48. The van der Waals surface area contributed by atoms with Gasteiger partial charge in [0, 0.05) is 13.1 Å². The largest absolute Gasteiger partial charge is 0.316 e. The normalized spacial score (nSPS) is 12.3. The van der Waals surface area contributed by atoms with Gasteiger partial charge in [0.2, 0.25) is 0 Å². The maximum atomic E-state index is 5.38. The number of terminal acetylenes is 1. The minimum atomic E-state index is 0.559. The van der Waals surface area contributed by atoms with Crippen LogP contribution >= 0.6 is 0 Å². The number of nitrogens with zero attached hydrogens (tertiary/aromatic N) is 1. The molecule has 1 aromatic carbocycles. The van der Waals surface area contributed by atoms with Gasteiger partial charge in [0.05, 0.1) is 6.54 Å². The molecule has 0 aliphatic heterocycles. The zero-order valence-electron chi connectivity index (χ0n) is 13.2. The summed E-state index contributed by atoms with van der Waals surface area (Å²) in [5.74, 6) is 3.27. The van der Waals surface area contributed by atoms with E-state index < -0.39 is 0 Å². The van der Waals surface area contributed by atoms with Crippen LogP contribution in [0.15, 0.2) is 24.3 Å². The van der Waals surface area contributed by atoms with Crippen molar-refractivity contribution in [1.29, 1.82) is 0 Å². The Morgan fingerprint density at radius 2 is 1.95 bits per heavy atom. The van der Waals surface area contributed by atoms with Crippen LogP contribution in [-0.4, -0.2) is 31.1 Å². The molecule has 0 saturated heterocycles. The predicted molar refractivity (Wildman–Crippen MR) is 87.8 cm³/mol. The molecule has 0 fully saturated rings. The number of nitrogens with one attached hydrogen (secondary N) is 1. The molecule has 0 heterocycles. The third-order valence-electron chi connectivity index (χ3n) is 3.59. The summed E-state index contributed by atoms with van der Waals surface area (Å²) in [7, 11) is 0. The first kappa shape index (κ1) is 16.8. The lowest BCUT2D eigenvalue weighted by Gasteiger charge is -2.18. The fourth-order valence-corrected chi connectivity index (χ4v) is 2.23. The van der Waals surface area contributed by atoms with E-state index in [0.717, 1.165) is 32.7 Å². The van der Waals surface area contributed by atoms with Crippen molar-refractivity contribution in [2.45, 2.75) is 39.7 Å². The van der Waals surface area contributed by atoms with E-state index in [1.165, 1.54) is 17.5 Å². The van der Waals surface area contributed by atoms with Gasteiger partial charge in [-0.3, -0.25) is 4.90 Å². The van der Waals surface area contributed by atoms with Crippen LogP contribution in [0.25, 0.3) is 0 Å². The highest BCUT2D eigenvalue weighted by atomic mass is 15.1. The third-order valence-corrected chi connectivity index (χ3v) is 3.59. The molecule has 1 aromatic rings. The summed E-state index contributed by atoms with van der Waals surface area (Å²) in [4.78, 5) is 2.27. The fraction of sp³-hybridized carbons (Fsp3) is 0.556. The molecule has 0 aliphatic carbocycles. The van der Waals surface area contributed by atoms with Gasteiger partial charge in [-0.2, -0.15) is 0 Å². The van der Waals surface area contributed by atoms with Crippen LogP contribution in [0, 0.1) is 12.3 Å². The van der Waals surface area contributed by atoms with Crippen LogP contribution in [-0.2, 0) is 6.54 Å². The van der Waals surface area contributed by atoms with Crippen molar-refractivity contribution in [2.24, 2.45) is 0 Å². The van der Waals surface area contributed by atoms with Crippen LogP contribution in [0.1, 0.15) is 44.2 Å². The van der Waals surface area contributed by atoms with Gasteiger partial charge >= 0.3 is 0 Å². The predicted octanol–water partition coefficient (Wildman–Crippen LogP) is 3.24. The Kier molecular flexibility index (Phi) is 8.02. The number of rotatable bonds is 9. The molecule has 0 spiro atoms. The molecule has 1 atom stereocenters. The van der Waals surface area contributed by atoms with E-state index in [1.54, 1.807) is 0 Å². The van der Waals surface area contributed by atoms with Gasteiger partial charge in [-0.25, -0.2) is 0 Å². The van der Waals surface area contributed by atoms with Crippen molar-refractivity contribution in [2.75, 3.05) is 26.2 Å². The van der Waals surface area contributed by atoms with Crippen molar-refractivity contribution in [3.63, 3.8) is 0 Å². The number of benzene rings is 1. The van der Waals surface area contributed by atoms with Crippen LogP contribution in [0.2, 0.25) is 0 Å². The molecule has 2 heteroatoms. The van der Waals surface area contributed by atoms with Crippen molar-refractivity contribution < 1.29 is 0 Å². The van der Waals surface area contributed by atoms with Crippen LogP contribution in [0.4, 0.5) is 0 Å². The minimum absolute atomic E-state index is 0.559. The lowest BCUT2D eigenvalue weighted by atomic mass is 9.99. The van der Waals surface area contributed by atoms with Gasteiger partial charge < -0.3 is 5.32 Å². The molecule has 1 unspecified atom stereocenters. The quantitative estimate of drug-likeness (QED) is 0.548. The fourth-order valence-electron chi connectivity index (χ4n) is 2.23. The number of hydrogen-bond donors (Lipinski definition) is 1. The topological polar surface area (TPSA) is 15.3 Å². The van der Waals surface area contributed by atoms with Gasteiger partial charge in [0.1, 0.15) is 0 Å². The van der Waals surface area contributed by atoms with Gasteiger partial charge in [-0.15, -0.1) is 6.42 Å². The standard InChI is InChI=1S/C18H28N2/c1-5-12-19-14-16(4)18-10-8-17(9-11-18)15-20(7-3)13-6-2/h2,8-11,16,19H,5,7,12-15H2,1,3-4H3. The maximum Gasteiger partial charge on any atom is 0.0601 e. The third kappa shape index (κ3) is 5.77. The van der Waals surface area contributed by atoms with E-state index in [2.05, 4.69) is 61.2 Å². The van der Waals surface area contributed by atoms with E-state index in [4.69, 9.17) is 6.42 Å². The number of hydrogen-bond acceptors (Lipinski definition) is 2. The van der Waals surface area contributed by atoms with Crippen LogP contribution < -0.4 is 5.32 Å². The molecule has 0 bridgehead atoms. The molecule has 0 aromatic heterocycles. The van der Waals surface area contributed by atoms with Crippen molar-refractivity contribution >= 4 is 0 Å². The highest BCUT2D eigenvalue weighted by molar-refractivity contribution is 5.25. The van der Waals surface area contributed by atoms with E-state index in [1.807, 2.05) is 0 Å². The van der Waals surface area contributed by atoms with Crippen molar-refractivity contribution in [3.8, 4) is 12.3 Å². The van der Waals surface area contributed by atoms with Gasteiger partial charge in [0.15, 0.2) is 0 Å². The summed E-state index contributed by atoms with van der Waals surface area (Å²) in [5.41, 5.74) is 2.73. The average Bonchev–Trinajstić information content (AvgIpc) is 2.47. The first-order valence-electron chi connectivity index (χ1n) is 7.66. The molecule has 110 valence electrons. The highest BCUT2D eigenvalue weighted by Gasteiger charge is 2.06. The molecule has 2 nitrogen and oxygen atoms in total. The summed E-state index contributed by atoms with van der Waals surface area (Å²) in [6.45, 7) is 11.4. The molecule has 0 radical (unpaired) electrons. The molecule has 20 heavy (non-hydrogen) atoms. The Morgan fingerprint density at radius 3 is 2.50 bits per heavy atom. The molecule has 1 N–H and O–H groups in total. The Morgan fingerprint density at radius 1 is 1.25 bits per heavy atom. The summed E-state index contributed by atoms with van der Waals surface area (Å²) in [6.07, 6.45) is 6.57. The van der Waals surface area contributed by atoms with Crippen LogP contribution in [0.5, 0.6) is 0 Å². The van der Waals surface area contributed by atoms with Gasteiger partial charge in [-0.1, -0.05) is 51.0 Å². The van der Waals surface area contributed by atoms with Crippen LogP contribution in [0.3, 0.4) is 0 Å². The van der Waals surface area contributed by atoms with Gasteiger partial charge in [-0.05, 0) is 36.6 Å². The zero-order valence-corrected chi connectivity index (χ0v) is 13.2. The average molecular weight is 272 g/mol. The molecule has 0 saturated carbocycles. The Hall–Kier alpha value is -1.30. The smallest absolute Gasteiger partial charge is 0.0601 e. The summed E-state index contributed by atoms with van der Waals surface area (Å²) in [6, 6.07) is 8.95. The lowest BCUT2D eigenvalue weighted by molar-refractivity contribution is 0.316. The molecule has 1 rings (SSSR count). The molecule has 0 amide bonds. The second-order valence-electron chi connectivity index (χ2n) is 5.35. The summed E-state index contributed by atoms with van der Waals surface area (Å²) >= 11 is 0. The van der Waals surface area contributed by atoms with Gasteiger partial charge in [0.25, 0.3) is 0 Å². The minimum Gasteiger partial charge on any atom is -0.316 e. The molecular weight excluding hydrogens is 244 g/mol. The highest BCUT2D eigenvalue weighted by Crippen LogP contribution is 2.16. The Balaban J connectivity index is 2.53. The molecular formula is C18H28N2. The second kappa shape index (κ2) is 9.58.